The van der Waals surface area contributed by atoms with Crippen molar-refractivity contribution in [3.63, 3.8) is 0 Å². The van der Waals surface area contributed by atoms with E-state index in [1.54, 1.807) is 54.6 Å². The van der Waals surface area contributed by atoms with Gasteiger partial charge in [0, 0.05) is 5.56 Å². The summed E-state index contributed by atoms with van der Waals surface area (Å²) < 4.78 is 31.4. The van der Waals surface area contributed by atoms with Gasteiger partial charge in [0.15, 0.2) is 10.4 Å². The van der Waals surface area contributed by atoms with Crippen LogP contribution in [-0.2, 0) is 6.61 Å². The monoisotopic (exact) mass is 414 g/mol. The van der Waals surface area contributed by atoms with E-state index in [4.69, 9.17) is 13.6 Å². The molecule has 0 amide bonds. The van der Waals surface area contributed by atoms with Gasteiger partial charge in [0.2, 0.25) is 16.9 Å². The van der Waals surface area contributed by atoms with Crippen molar-refractivity contribution >= 4 is 26.9 Å². The van der Waals surface area contributed by atoms with Crippen LogP contribution in [0.2, 0.25) is 0 Å². The van der Waals surface area contributed by atoms with Crippen LogP contribution in [0.15, 0.2) is 79.0 Å². The van der Waals surface area contributed by atoms with Crippen LogP contribution >= 0.6 is 15.9 Å². The van der Waals surface area contributed by atoms with Crippen LogP contribution in [0.1, 0.15) is 5.56 Å². The third-order valence-corrected chi connectivity index (χ3v) is 4.31. The van der Waals surface area contributed by atoms with E-state index < -0.39 is 5.82 Å². The van der Waals surface area contributed by atoms with E-state index in [0.717, 1.165) is 0 Å². The molecule has 0 radical (unpaired) electrons. The van der Waals surface area contributed by atoms with Crippen LogP contribution < -0.4 is 10.2 Å². The smallest absolute Gasteiger partial charge is 0.235 e. The molecular weight excluding hydrogens is 403 g/mol. The van der Waals surface area contributed by atoms with Crippen molar-refractivity contribution in [3.8, 4) is 17.3 Å². The molecule has 4 nitrogen and oxygen atoms in total. The number of hydrogen-bond acceptors (Lipinski definition) is 4. The summed E-state index contributed by atoms with van der Waals surface area (Å²) in [5, 5.41) is 0.380. The van der Waals surface area contributed by atoms with Crippen molar-refractivity contribution in [3.05, 3.63) is 86.9 Å². The molecule has 2 aromatic carbocycles. The Hall–Kier alpha value is -2.86. The fourth-order valence-corrected chi connectivity index (χ4v) is 2.93. The molecule has 0 unspecified atom stereocenters. The van der Waals surface area contributed by atoms with Crippen molar-refractivity contribution in [1.82, 2.24) is 0 Å². The topological polar surface area (TPSA) is 52.6 Å². The number of halogens is 2. The Balaban J connectivity index is 1.84. The summed E-state index contributed by atoms with van der Waals surface area (Å²) in [6.07, 6.45) is 0. The maximum atomic E-state index is 13.9. The Kier molecular flexibility index (Phi) is 4.34. The molecule has 0 saturated heterocycles. The van der Waals surface area contributed by atoms with E-state index >= 15 is 0 Å². The van der Waals surface area contributed by atoms with Crippen molar-refractivity contribution in [2.75, 3.05) is 0 Å². The summed E-state index contributed by atoms with van der Waals surface area (Å²) in [6, 6.07) is 16.4. The first kappa shape index (κ1) is 16.6. The molecule has 4 aromatic rings. The van der Waals surface area contributed by atoms with Gasteiger partial charge >= 0.3 is 0 Å². The van der Waals surface area contributed by atoms with Gasteiger partial charge < -0.3 is 13.6 Å². The van der Waals surface area contributed by atoms with E-state index in [0.29, 0.717) is 27.0 Å². The highest BCUT2D eigenvalue weighted by molar-refractivity contribution is 9.10. The van der Waals surface area contributed by atoms with Gasteiger partial charge in [0.25, 0.3) is 0 Å². The number of hydrogen-bond donors (Lipinski definition) is 0. The van der Waals surface area contributed by atoms with Crippen LogP contribution in [-0.4, -0.2) is 0 Å². The average Bonchev–Trinajstić information content (AvgIpc) is 3.08. The zero-order chi connectivity index (χ0) is 18.1. The molecule has 0 spiro atoms. The highest BCUT2D eigenvalue weighted by atomic mass is 79.9. The van der Waals surface area contributed by atoms with Gasteiger partial charge in [-0.05, 0) is 46.3 Å². The Labute approximate surface area is 155 Å². The molecule has 26 heavy (non-hydrogen) atoms. The van der Waals surface area contributed by atoms with Gasteiger partial charge in [0.05, 0.1) is 5.39 Å². The van der Waals surface area contributed by atoms with E-state index in [-0.39, 0.29) is 23.5 Å². The van der Waals surface area contributed by atoms with Crippen LogP contribution in [0, 0.1) is 5.82 Å². The maximum absolute atomic E-state index is 13.9. The van der Waals surface area contributed by atoms with Crippen molar-refractivity contribution in [2.24, 2.45) is 0 Å². The molecule has 0 aliphatic rings. The van der Waals surface area contributed by atoms with Crippen LogP contribution in [0.4, 0.5) is 4.39 Å². The summed E-state index contributed by atoms with van der Waals surface area (Å²) in [7, 11) is 0. The first-order chi connectivity index (χ1) is 12.6. The molecular formula is C20H12BrFO4. The third kappa shape index (κ3) is 3.04. The summed E-state index contributed by atoms with van der Waals surface area (Å²) in [5.74, 6) is 0.0766. The average molecular weight is 415 g/mol. The molecule has 6 heteroatoms. The van der Waals surface area contributed by atoms with Crippen LogP contribution in [0.5, 0.6) is 5.75 Å². The molecule has 0 N–H and O–H groups in total. The second kappa shape index (κ2) is 6.80. The predicted molar refractivity (Wildman–Crippen MR) is 98.6 cm³/mol. The Bertz CT molecular complexity index is 1150. The Morgan fingerprint density at radius 3 is 2.50 bits per heavy atom. The molecule has 0 atom stereocenters. The summed E-state index contributed by atoms with van der Waals surface area (Å²) in [6.45, 7) is -0.106. The van der Waals surface area contributed by atoms with Crippen molar-refractivity contribution < 1.29 is 18.0 Å². The molecule has 0 saturated carbocycles. The lowest BCUT2D eigenvalue weighted by atomic mass is 10.2. The molecule has 0 fully saturated rings. The fourth-order valence-electron chi connectivity index (χ4n) is 2.62. The second-order valence-electron chi connectivity index (χ2n) is 5.57. The minimum absolute atomic E-state index is 0.0196. The van der Waals surface area contributed by atoms with Crippen molar-refractivity contribution in [1.29, 1.82) is 0 Å². The van der Waals surface area contributed by atoms with Crippen LogP contribution in [0.25, 0.3) is 22.5 Å². The number of furan rings is 1. The summed E-state index contributed by atoms with van der Waals surface area (Å²) in [5.41, 5.74) is 0.413. The molecule has 130 valence electrons. The highest BCUT2D eigenvalue weighted by Crippen LogP contribution is 2.33. The van der Waals surface area contributed by atoms with Gasteiger partial charge in [-0.25, -0.2) is 4.39 Å². The number of ether oxygens (including phenoxy) is 1. The largest absolute Gasteiger partial charge is 0.481 e. The van der Waals surface area contributed by atoms with E-state index in [9.17, 15) is 9.18 Å². The highest BCUT2D eigenvalue weighted by Gasteiger charge is 2.20. The Morgan fingerprint density at radius 1 is 0.962 bits per heavy atom. The van der Waals surface area contributed by atoms with Gasteiger partial charge in [-0.1, -0.05) is 30.3 Å². The summed E-state index contributed by atoms with van der Waals surface area (Å²) >= 11 is 3.23. The van der Waals surface area contributed by atoms with Crippen molar-refractivity contribution in [2.45, 2.75) is 6.61 Å². The molecule has 2 aromatic heterocycles. The Morgan fingerprint density at radius 2 is 1.73 bits per heavy atom. The number of para-hydroxylation sites is 1. The van der Waals surface area contributed by atoms with E-state index in [2.05, 4.69) is 15.9 Å². The third-order valence-electron chi connectivity index (χ3n) is 3.88. The van der Waals surface area contributed by atoms with E-state index in [1.807, 2.05) is 0 Å². The van der Waals surface area contributed by atoms with Crippen LogP contribution in [0.3, 0.4) is 0 Å². The lowest BCUT2D eigenvalue weighted by molar-refractivity contribution is 0.290. The first-order valence-electron chi connectivity index (χ1n) is 7.81. The van der Waals surface area contributed by atoms with E-state index in [1.165, 1.54) is 6.07 Å². The van der Waals surface area contributed by atoms with Gasteiger partial charge in [-0.15, -0.1) is 0 Å². The number of benzene rings is 2. The molecule has 0 bridgehead atoms. The number of fused-ring (bicyclic) bond motifs is 1. The van der Waals surface area contributed by atoms with Gasteiger partial charge in [-0.2, -0.15) is 0 Å². The SMILES string of the molecule is O=c1c(OCc2ccccc2F)c(-c2ccc(Br)o2)oc2ccccc12. The molecule has 4 rings (SSSR count). The number of rotatable bonds is 4. The normalized spacial score (nSPS) is 11.0. The zero-order valence-electron chi connectivity index (χ0n) is 13.4. The fraction of sp³-hybridized carbons (Fsp3) is 0.0500. The predicted octanol–water partition coefficient (Wildman–Crippen LogP) is 5.53. The molecule has 2 heterocycles. The first-order valence-corrected chi connectivity index (χ1v) is 8.60. The molecule has 0 aliphatic carbocycles. The minimum Gasteiger partial charge on any atom is -0.481 e. The second-order valence-corrected chi connectivity index (χ2v) is 6.35. The minimum atomic E-state index is -0.403. The lowest BCUT2D eigenvalue weighted by Gasteiger charge is -2.10. The van der Waals surface area contributed by atoms with Gasteiger partial charge in [0.1, 0.15) is 18.0 Å². The standard InChI is InChI=1S/C20H12BrFO4/c21-17-10-9-16(25-17)19-20(24-11-12-5-1-3-7-14(12)22)18(23)13-6-2-4-8-15(13)26-19/h1-10H,11H2. The lowest BCUT2D eigenvalue weighted by Crippen LogP contribution is -2.10. The van der Waals surface area contributed by atoms with Gasteiger partial charge in [-0.3, -0.25) is 4.79 Å². The molecule has 0 aliphatic heterocycles. The quantitative estimate of drug-likeness (QED) is 0.440. The summed E-state index contributed by atoms with van der Waals surface area (Å²) in [4.78, 5) is 12.9. The zero-order valence-corrected chi connectivity index (χ0v) is 15.0. The maximum Gasteiger partial charge on any atom is 0.235 e.